The number of quaternary nitrogens is 1. The number of phenolic OH excluding ortho intramolecular Hbond substituents is 2. The maximum Gasteiger partial charge on any atom is 0.474 e. The molecule has 0 radical (unpaired) electrons. The Kier molecular flexibility index (Phi) is 10.0. The van der Waals surface area contributed by atoms with Gasteiger partial charge in [-0.2, -0.15) is 0 Å². The highest BCUT2D eigenvalue weighted by Gasteiger charge is 2.26. The number of aromatic hydroxyl groups is 2. The standard InChI is InChI=1S/C23H34NO6P/c1-24(2,15-7-11-20-9-5-4-6-10-20)16-18-30-31(27,28-3)29-17-8-12-21-13-14-22(25)23(26)19-21/h4-6,9-10,13-14,19H,7-8,11-12,15-18H2,1-3H3,(H-,25,26)/p+1. The molecule has 172 valence electrons. The molecule has 8 heteroatoms. The summed E-state index contributed by atoms with van der Waals surface area (Å²) in [5.74, 6) is -0.313. The van der Waals surface area contributed by atoms with Gasteiger partial charge in [-0.3, -0.25) is 13.6 Å². The molecule has 2 aromatic rings. The highest BCUT2D eigenvalue weighted by molar-refractivity contribution is 7.48. The van der Waals surface area contributed by atoms with Gasteiger partial charge in [-0.15, -0.1) is 0 Å². The third kappa shape index (κ3) is 9.42. The number of aryl methyl sites for hydroxylation is 2. The number of benzene rings is 2. The Hall–Kier alpha value is -1.89. The summed E-state index contributed by atoms with van der Waals surface area (Å²) >= 11 is 0. The number of hydrogen-bond donors (Lipinski definition) is 2. The van der Waals surface area contributed by atoms with E-state index in [0.29, 0.717) is 19.4 Å². The van der Waals surface area contributed by atoms with Crippen LogP contribution >= 0.6 is 7.82 Å². The van der Waals surface area contributed by atoms with Gasteiger partial charge in [0.2, 0.25) is 0 Å². The number of rotatable bonds is 14. The minimum Gasteiger partial charge on any atom is -0.504 e. The van der Waals surface area contributed by atoms with Crippen LogP contribution in [0.4, 0.5) is 0 Å². The Morgan fingerprint density at radius 2 is 1.52 bits per heavy atom. The van der Waals surface area contributed by atoms with Crippen molar-refractivity contribution in [2.24, 2.45) is 0 Å². The van der Waals surface area contributed by atoms with Crippen LogP contribution in [0.2, 0.25) is 0 Å². The minimum absolute atomic E-state index is 0.154. The van der Waals surface area contributed by atoms with Gasteiger partial charge in [0.15, 0.2) is 11.5 Å². The molecule has 0 saturated carbocycles. The number of nitrogens with zero attached hydrogens (tertiary/aromatic N) is 1. The van der Waals surface area contributed by atoms with Crippen molar-refractivity contribution in [1.29, 1.82) is 0 Å². The lowest BCUT2D eigenvalue weighted by Crippen LogP contribution is -2.43. The molecule has 2 rings (SSSR count). The van der Waals surface area contributed by atoms with Gasteiger partial charge in [0.1, 0.15) is 13.2 Å². The van der Waals surface area contributed by atoms with Crippen molar-refractivity contribution in [2.45, 2.75) is 25.7 Å². The highest BCUT2D eigenvalue weighted by atomic mass is 31.2. The molecule has 0 spiro atoms. The van der Waals surface area contributed by atoms with E-state index in [2.05, 4.69) is 38.4 Å². The van der Waals surface area contributed by atoms with E-state index in [1.807, 2.05) is 6.07 Å². The van der Waals surface area contributed by atoms with Gasteiger partial charge >= 0.3 is 7.82 Å². The molecule has 2 N–H and O–H groups in total. The van der Waals surface area contributed by atoms with Crippen molar-refractivity contribution in [1.82, 2.24) is 0 Å². The summed E-state index contributed by atoms with van der Waals surface area (Å²) in [7, 11) is 1.97. The molecule has 2 aromatic carbocycles. The fourth-order valence-electron chi connectivity index (χ4n) is 3.19. The van der Waals surface area contributed by atoms with Crippen LogP contribution in [0, 0.1) is 0 Å². The molecule has 7 nitrogen and oxygen atoms in total. The quantitative estimate of drug-likeness (QED) is 0.190. The number of phenols is 2. The molecule has 0 aliphatic heterocycles. The van der Waals surface area contributed by atoms with Gasteiger partial charge in [-0.1, -0.05) is 36.4 Å². The first-order valence-electron chi connectivity index (χ1n) is 10.5. The summed E-state index contributed by atoms with van der Waals surface area (Å²) in [5.41, 5.74) is 2.18. The zero-order valence-electron chi connectivity index (χ0n) is 18.7. The van der Waals surface area contributed by atoms with E-state index in [4.69, 9.17) is 13.6 Å². The molecule has 0 aliphatic rings. The summed E-state index contributed by atoms with van der Waals surface area (Å²) in [5, 5.41) is 18.9. The lowest BCUT2D eigenvalue weighted by molar-refractivity contribution is -0.890. The fraction of sp³-hybridized carbons (Fsp3) is 0.478. The Morgan fingerprint density at radius 3 is 2.19 bits per heavy atom. The maximum absolute atomic E-state index is 12.6. The topological polar surface area (TPSA) is 85.2 Å². The van der Waals surface area contributed by atoms with Crippen molar-refractivity contribution in [3.63, 3.8) is 0 Å². The highest BCUT2D eigenvalue weighted by Crippen LogP contribution is 2.48. The second-order valence-electron chi connectivity index (χ2n) is 8.19. The summed E-state index contributed by atoms with van der Waals surface area (Å²) in [4.78, 5) is 0. The SMILES string of the molecule is COP(=O)(OCCCc1ccc(O)c(O)c1)OCC[N+](C)(C)CCCc1ccccc1. The van der Waals surface area contributed by atoms with E-state index in [-0.39, 0.29) is 24.7 Å². The zero-order valence-corrected chi connectivity index (χ0v) is 19.6. The Bertz CT molecular complexity index is 843. The molecule has 0 fully saturated rings. The zero-order chi connectivity index (χ0) is 22.7. The molecule has 0 bridgehead atoms. The van der Waals surface area contributed by atoms with Crippen LogP contribution in [0.15, 0.2) is 48.5 Å². The largest absolute Gasteiger partial charge is 0.504 e. The third-order valence-corrected chi connectivity index (χ3v) is 6.59. The number of phosphoric ester groups is 1. The van der Waals surface area contributed by atoms with Crippen LogP contribution in [-0.4, -0.2) is 62.2 Å². The summed E-state index contributed by atoms with van der Waals surface area (Å²) < 4.78 is 29.3. The Balaban J connectivity index is 1.67. The van der Waals surface area contributed by atoms with Crippen LogP contribution in [0.3, 0.4) is 0 Å². The molecular formula is C23H35NO6P+. The normalized spacial score (nSPS) is 13.8. The number of likely N-dealkylation sites (N-methyl/N-ethyl adjacent to an activating group) is 1. The van der Waals surface area contributed by atoms with Gasteiger partial charge in [0.25, 0.3) is 0 Å². The number of phosphoric acid groups is 1. The summed E-state index contributed by atoms with van der Waals surface area (Å²) in [6.45, 7) is 2.14. The predicted molar refractivity (Wildman–Crippen MR) is 121 cm³/mol. The molecule has 0 aromatic heterocycles. The van der Waals surface area contributed by atoms with Crippen molar-refractivity contribution in [3.8, 4) is 11.5 Å². The first kappa shape index (κ1) is 25.4. The lowest BCUT2D eigenvalue weighted by atomic mass is 10.1. The van der Waals surface area contributed by atoms with Gasteiger partial charge in [0.05, 0.1) is 27.2 Å². The second-order valence-corrected chi connectivity index (χ2v) is 9.97. The maximum atomic E-state index is 12.6. The molecule has 0 amide bonds. The first-order valence-corrected chi connectivity index (χ1v) is 12.0. The van der Waals surface area contributed by atoms with E-state index < -0.39 is 7.82 Å². The van der Waals surface area contributed by atoms with Crippen molar-refractivity contribution in [3.05, 3.63) is 59.7 Å². The second kappa shape index (κ2) is 12.2. The Labute approximate surface area is 185 Å². The number of hydrogen-bond acceptors (Lipinski definition) is 6. The average Bonchev–Trinajstić information content (AvgIpc) is 2.74. The third-order valence-electron chi connectivity index (χ3n) is 5.14. The average molecular weight is 453 g/mol. The van der Waals surface area contributed by atoms with Gasteiger partial charge in [0, 0.05) is 13.5 Å². The van der Waals surface area contributed by atoms with Crippen LogP contribution in [0.25, 0.3) is 0 Å². The molecule has 0 saturated heterocycles. The van der Waals surface area contributed by atoms with E-state index in [1.165, 1.54) is 24.8 Å². The lowest BCUT2D eigenvalue weighted by Gasteiger charge is -2.30. The smallest absolute Gasteiger partial charge is 0.474 e. The van der Waals surface area contributed by atoms with Crippen molar-refractivity contribution in [2.75, 3.05) is 47.5 Å². The van der Waals surface area contributed by atoms with Crippen molar-refractivity contribution >= 4 is 7.82 Å². The van der Waals surface area contributed by atoms with E-state index >= 15 is 0 Å². The monoisotopic (exact) mass is 452 g/mol. The van der Waals surface area contributed by atoms with Crippen LogP contribution in [0.5, 0.6) is 11.5 Å². The van der Waals surface area contributed by atoms with E-state index in [0.717, 1.165) is 29.4 Å². The molecule has 0 heterocycles. The molecule has 0 aliphatic carbocycles. The summed E-state index contributed by atoms with van der Waals surface area (Å²) in [6.07, 6.45) is 3.26. The predicted octanol–water partition coefficient (Wildman–Crippen LogP) is 4.53. The van der Waals surface area contributed by atoms with Crippen LogP contribution < -0.4 is 0 Å². The molecule has 31 heavy (non-hydrogen) atoms. The van der Waals surface area contributed by atoms with Crippen LogP contribution in [0.1, 0.15) is 24.0 Å². The molecule has 1 atom stereocenters. The van der Waals surface area contributed by atoms with Gasteiger partial charge < -0.3 is 14.7 Å². The van der Waals surface area contributed by atoms with Gasteiger partial charge in [-0.25, -0.2) is 4.57 Å². The van der Waals surface area contributed by atoms with Crippen molar-refractivity contribution < 1.29 is 32.8 Å². The fourth-order valence-corrected chi connectivity index (χ4v) is 4.13. The van der Waals surface area contributed by atoms with Gasteiger partial charge in [-0.05, 0) is 42.5 Å². The summed E-state index contributed by atoms with van der Waals surface area (Å²) in [6, 6.07) is 15.1. The molecular weight excluding hydrogens is 417 g/mol. The van der Waals surface area contributed by atoms with E-state index in [9.17, 15) is 14.8 Å². The Morgan fingerprint density at radius 1 is 0.839 bits per heavy atom. The minimum atomic E-state index is -3.60. The van der Waals surface area contributed by atoms with Crippen LogP contribution in [-0.2, 0) is 31.0 Å². The first-order chi connectivity index (χ1) is 14.7. The molecule has 1 unspecified atom stereocenters. The van der Waals surface area contributed by atoms with E-state index in [1.54, 1.807) is 6.07 Å².